The molecule has 0 unspecified atom stereocenters. The molecule has 0 bridgehead atoms. The number of amides is 2. The molecule has 2 amide bonds. The summed E-state index contributed by atoms with van der Waals surface area (Å²) in [4.78, 5) is 24.8. The van der Waals surface area contributed by atoms with Crippen LogP contribution in [0.4, 0.5) is 5.69 Å². The molecule has 1 aliphatic rings. The molecule has 1 aliphatic heterocycles. The molecular weight excluding hydrogens is 310 g/mol. The summed E-state index contributed by atoms with van der Waals surface area (Å²) >= 11 is 5.94. The summed E-state index contributed by atoms with van der Waals surface area (Å²) in [6.45, 7) is 5.90. The van der Waals surface area contributed by atoms with Crippen LogP contribution in [0.3, 0.4) is 0 Å². The number of hydrogen-bond acceptors (Lipinski definition) is 2. The van der Waals surface area contributed by atoms with Gasteiger partial charge in [0.1, 0.15) is 0 Å². The van der Waals surface area contributed by atoms with Crippen molar-refractivity contribution in [3.05, 3.63) is 71.8 Å². The van der Waals surface area contributed by atoms with E-state index in [0.29, 0.717) is 10.7 Å². The van der Waals surface area contributed by atoms with Crippen LogP contribution < -0.4 is 4.90 Å². The number of benzene rings is 2. The number of nitrogens with zero attached hydrogens (tertiary/aromatic N) is 1. The van der Waals surface area contributed by atoms with E-state index in [-0.39, 0.29) is 11.8 Å². The van der Waals surface area contributed by atoms with Crippen molar-refractivity contribution in [1.29, 1.82) is 0 Å². The fourth-order valence-electron chi connectivity index (χ4n) is 2.56. The maximum absolute atomic E-state index is 11.8. The number of rotatable bonds is 3. The molecule has 4 heteroatoms. The van der Waals surface area contributed by atoms with Crippen molar-refractivity contribution in [1.82, 2.24) is 0 Å². The molecular formula is C19H14ClNO2. The quantitative estimate of drug-likeness (QED) is 0.781. The molecule has 114 valence electrons. The Hall–Kier alpha value is -2.65. The molecule has 3 rings (SSSR count). The third kappa shape index (κ3) is 2.83. The first-order chi connectivity index (χ1) is 11.0. The third-order valence-electron chi connectivity index (χ3n) is 3.69. The van der Waals surface area contributed by atoms with Crippen LogP contribution in [-0.2, 0) is 9.59 Å². The zero-order valence-corrected chi connectivity index (χ0v) is 13.3. The Kier molecular flexibility index (Phi) is 3.89. The Balaban J connectivity index is 2.09. The predicted octanol–water partition coefficient (Wildman–Crippen LogP) is 4.47. The van der Waals surface area contributed by atoms with Gasteiger partial charge in [0.05, 0.1) is 5.69 Å². The first kappa shape index (κ1) is 15.3. The normalized spacial score (nSPS) is 13.7. The van der Waals surface area contributed by atoms with Crippen LogP contribution in [0.25, 0.3) is 16.7 Å². The van der Waals surface area contributed by atoms with Gasteiger partial charge in [-0.15, -0.1) is 0 Å². The standard InChI is InChI=1S/C19H14ClNO2/c1-12(2)17-11-15(21-18(22)9-10-19(21)23)7-8-16(17)13-3-5-14(20)6-4-13/h3-11H,1H2,2H3. The van der Waals surface area contributed by atoms with Gasteiger partial charge >= 0.3 is 0 Å². The zero-order valence-electron chi connectivity index (χ0n) is 12.5. The molecule has 0 radical (unpaired) electrons. The van der Waals surface area contributed by atoms with Gasteiger partial charge in [-0.2, -0.15) is 0 Å². The van der Waals surface area contributed by atoms with Crippen LogP contribution in [0, 0.1) is 0 Å². The molecule has 0 N–H and O–H groups in total. The first-order valence-electron chi connectivity index (χ1n) is 7.09. The van der Waals surface area contributed by atoms with Crippen molar-refractivity contribution in [3.8, 4) is 11.1 Å². The minimum absolute atomic E-state index is 0.332. The van der Waals surface area contributed by atoms with Crippen LogP contribution in [-0.4, -0.2) is 11.8 Å². The average molecular weight is 324 g/mol. The smallest absolute Gasteiger partial charge is 0.258 e. The summed E-state index contributed by atoms with van der Waals surface area (Å²) in [5.74, 6) is -0.663. The highest BCUT2D eigenvalue weighted by Crippen LogP contribution is 2.33. The second-order valence-corrected chi connectivity index (χ2v) is 5.80. The summed E-state index contributed by atoms with van der Waals surface area (Å²) in [5, 5.41) is 0.668. The molecule has 0 aromatic heterocycles. The Morgan fingerprint density at radius 3 is 2.17 bits per heavy atom. The second kappa shape index (κ2) is 5.86. The Morgan fingerprint density at radius 1 is 1.00 bits per heavy atom. The molecule has 1 heterocycles. The number of imide groups is 1. The molecule has 3 nitrogen and oxygen atoms in total. The highest BCUT2D eigenvalue weighted by Gasteiger charge is 2.25. The van der Waals surface area contributed by atoms with Gasteiger partial charge in [-0.3, -0.25) is 9.59 Å². The number of halogens is 1. The molecule has 2 aromatic rings. The maximum Gasteiger partial charge on any atom is 0.258 e. The fourth-order valence-corrected chi connectivity index (χ4v) is 2.69. The van der Waals surface area contributed by atoms with E-state index in [2.05, 4.69) is 6.58 Å². The molecule has 0 atom stereocenters. The van der Waals surface area contributed by atoms with Gasteiger partial charge < -0.3 is 0 Å². The molecule has 0 spiro atoms. The van der Waals surface area contributed by atoms with Gasteiger partial charge in [-0.25, -0.2) is 4.90 Å². The summed E-state index contributed by atoms with van der Waals surface area (Å²) in [6, 6.07) is 13.0. The fraction of sp³-hybridized carbons (Fsp3) is 0.0526. The van der Waals surface area contributed by atoms with E-state index in [9.17, 15) is 9.59 Å². The molecule has 23 heavy (non-hydrogen) atoms. The van der Waals surface area contributed by atoms with Gasteiger partial charge in [-0.1, -0.05) is 42.0 Å². The van der Waals surface area contributed by atoms with Crippen LogP contribution >= 0.6 is 11.6 Å². The molecule has 0 saturated heterocycles. The van der Waals surface area contributed by atoms with Crippen molar-refractivity contribution in [2.24, 2.45) is 0 Å². The Labute approximate surface area is 139 Å². The minimum atomic E-state index is -0.332. The average Bonchev–Trinajstić information content (AvgIpc) is 2.86. The third-order valence-corrected chi connectivity index (χ3v) is 3.94. The number of carbonyl (C=O) groups excluding carboxylic acids is 2. The molecule has 0 saturated carbocycles. The van der Waals surface area contributed by atoms with Crippen molar-refractivity contribution >= 4 is 34.7 Å². The molecule has 0 fully saturated rings. The monoisotopic (exact) mass is 323 g/mol. The van der Waals surface area contributed by atoms with Gasteiger partial charge in [-0.05, 0) is 47.9 Å². The topological polar surface area (TPSA) is 37.4 Å². The largest absolute Gasteiger partial charge is 0.269 e. The van der Waals surface area contributed by atoms with Crippen molar-refractivity contribution in [3.63, 3.8) is 0 Å². The first-order valence-corrected chi connectivity index (χ1v) is 7.47. The summed E-state index contributed by atoms with van der Waals surface area (Å²) in [5.41, 5.74) is 4.25. The Morgan fingerprint density at radius 2 is 1.61 bits per heavy atom. The minimum Gasteiger partial charge on any atom is -0.269 e. The van der Waals surface area contributed by atoms with Gasteiger partial charge in [0.2, 0.25) is 0 Å². The number of hydrogen-bond donors (Lipinski definition) is 0. The van der Waals surface area contributed by atoms with Gasteiger partial charge in [0, 0.05) is 17.2 Å². The highest BCUT2D eigenvalue weighted by atomic mass is 35.5. The van der Waals surface area contributed by atoms with Crippen LogP contribution in [0.2, 0.25) is 5.02 Å². The van der Waals surface area contributed by atoms with Crippen LogP contribution in [0.5, 0.6) is 0 Å². The molecule has 0 aliphatic carbocycles. The van der Waals surface area contributed by atoms with E-state index in [1.54, 1.807) is 6.07 Å². The van der Waals surface area contributed by atoms with Crippen LogP contribution in [0.15, 0.2) is 61.2 Å². The lowest BCUT2D eigenvalue weighted by Gasteiger charge is -2.18. The van der Waals surface area contributed by atoms with E-state index in [0.717, 1.165) is 27.2 Å². The second-order valence-electron chi connectivity index (χ2n) is 5.36. The number of anilines is 1. The van der Waals surface area contributed by atoms with E-state index < -0.39 is 0 Å². The maximum atomic E-state index is 11.8. The molecule has 2 aromatic carbocycles. The summed E-state index contributed by atoms with van der Waals surface area (Å²) in [6.07, 6.45) is 2.55. The Bertz CT molecular complexity index is 832. The summed E-state index contributed by atoms with van der Waals surface area (Å²) in [7, 11) is 0. The predicted molar refractivity (Wildman–Crippen MR) is 93.2 cm³/mol. The zero-order chi connectivity index (χ0) is 16.6. The number of carbonyl (C=O) groups is 2. The van der Waals surface area contributed by atoms with E-state index >= 15 is 0 Å². The van der Waals surface area contributed by atoms with E-state index in [1.165, 1.54) is 12.2 Å². The lowest BCUT2D eigenvalue weighted by atomic mass is 9.95. The van der Waals surface area contributed by atoms with E-state index in [1.807, 2.05) is 43.3 Å². The summed E-state index contributed by atoms with van der Waals surface area (Å²) < 4.78 is 0. The van der Waals surface area contributed by atoms with Crippen molar-refractivity contribution in [2.75, 3.05) is 4.90 Å². The van der Waals surface area contributed by atoms with E-state index in [4.69, 9.17) is 11.6 Å². The van der Waals surface area contributed by atoms with Crippen molar-refractivity contribution < 1.29 is 9.59 Å². The lowest BCUT2D eigenvalue weighted by Crippen LogP contribution is -2.29. The van der Waals surface area contributed by atoms with Crippen molar-refractivity contribution in [2.45, 2.75) is 6.92 Å². The highest BCUT2D eigenvalue weighted by molar-refractivity contribution is 6.30. The van der Waals surface area contributed by atoms with Gasteiger partial charge in [0.15, 0.2) is 0 Å². The van der Waals surface area contributed by atoms with Crippen LogP contribution in [0.1, 0.15) is 12.5 Å². The van der Waals surface area contributed by atoms with Gasteiger partial charge in [0.25, 0.3) is 11.8 Å². The SMILES string of the molecule is C=C(C)c1cc(N2C(=O)C=CC2=O)ccc1-c1ccc(Cl)cc1. The number of allylic oxidation sites excluding steroid dienone is 1. The lowest BCUT2D eigenvalue weighted by molar-refractivity contribution is -0.119.